The molecule has 2 N–H and O–H groups in total. The Hall–Kier alpha value is -1.86. The fourth-order valence-corrected chi connectivity index (χ4v) is 2.71. The van der Waals surface area contributed by atoms with Gasteiger partial charge in [0.2, 0.25) is 0 Å². The molecule has 5 nitrogen and oxygen atoms in total. The molecule has 0 unspecified atom stereocenters. The van der Waals surface area contributed by atoms with Crippen LogP contribution in [0.3, 0.4) is 0 Å². The molecule has 2 rings (SSSR count). The number of ether oxygens (including phenoxy) is 1. The molecule has 1 amide bonds. The maximum absolute atomic E-state index is 12.0. The van der Waals surface area contributed by atoms with Crippen LogP contribution in [0.1, 0.15) is 23.6 Å². The van der Waals surface area contributed by atoms with Crippen LogP contribution in [0.2, 0.25) is 0 Å². The van der Waals surface area contributed by atoms with Crippen LogP contribution in [0.5, 0.6) is 0 Å². The molecule has 24 heavy (non-hydrogen) atoms. The quantitative estimate of drug-likeness (QED) is 0.663. The summed E-state index contributed by atoms with van der Waals surface area (Å²) in [6.45, 7) is 0.122. The number of carboxylic acid groups (broad SMARTS) is 1. The summed E-state index contributed by atoms with van der Waals surface area (Å²) >= 11 is 6.73. The standard InChI is InChI=1S/C17H15Br2NO4/c18-13-7-6-12(8-14(13)19)15(9-16(21)22)20-17(23)24-10-11-4-2-1-3-5-11/h1-8,15H,9-10H2,(H,20,23)(H,21,22)/t15-/m1/s1. The number of carboxylic acids is 1. The largest absolute Gasteiger partial charge is 0.481 e. The van der Waals surface area contributed by atoms with E-state index >= 15 is 0 Å². The van der Waals surface area contributed by atoms with Crippen LogP contribution in [0, 0.1) is 0 Å². The Kier molecular flexibility index (Phi) is 6.81. The van der Waals surface area contributed by atoms with E-state index in [0.717, 1.165) is 14.5 Å². The van der Waals surface area contributed by atoms with Crippen molar-refractivity contribution in [1.29, 1.82) is 0 Å². The van der Waals surface area contributed by atoms with E-state index in [4.69, 9.17) is 9.84 Å². The minimum absolute atomic E-state index is 0.122. The normalized spacial score (nSPS) is 11.6. The molecule has 0 aliphatic heterocycles. The molecule has 1 atom stereocenters. The van der Waals surface area contributed by atoms with E-state index in [9.17, 15) is 9.59 Å². The molecule has 0 saturated heterocycles. The number of nitrogens with one attached hydrogen (secondary N) is 1. The zero-order chi connectivity index (χ0) is 17.5. The molecule has 7 heteroatoms. The molecule has 2 aromatic carbocycles. The third kappa shape index (κ3) is 5.65. The minimum Gasteiger partial charge on any atom is -0.481 e. The summed E-state index contributed by atoms with van der Waals surface area (Å²) in [5.41, 5.74) is 1.53. The molecule has 126 valence electrons. The SMILES string of the molecule is O=C(O)C[C@@H](NC(=O)OCc1ccccc1)c1ccc(Br)c(Br)c1. The molecule has 0 heterocycles. The molecule has 0 aliphatic carbocycles. The van der Waals surface area contributed by atoms with Gasteiger partial charge in [0.1, 0.15) is 6.61 Å². The van der Waals surface area contributed by atoms with Gasteiger partial charge in [0.05, 0.1) is 12.5 Å². The van der Waals surface area contributed by atoms with Crippen LogP contribution in [-0.2, 0) is 16.1 Å². The average molecular weight is 457 g/mol. The lowest BCUT2D eigenvalue weighted by Crippen LogP contribution is -2.30. The van der Waals surface area contributed by atoms with Gasteiger partial charge in [-0.3, -0.25) is 4.79 Å². The van der Waals surface area contributed by atoms with Gasteiger partial charge in [-0.25, -0.2) is 4.79 Å². The van der Waals surface area contributed by atoms with Gasteiger partial charge in [0.15, 0.2) is 0 Å². The Balaban J connectivity index is 2.03. The highest BCUT2D eigenvalue weighted by Gasteiger charge is 2.19. The van der Waals surface area contributed by atoms with Crippen LogP contribution in [-0.4, -0.2) is 17.2 Å². The van der Waals surface area contributed by atoms with Crippen molar-refractivity contribution in [3.8, 4) is 0 Å². The second kappa shape index (κ2) is 8.84. The molecular weight excluding hydrogens is 442 g/mol. The molecule has 0 aromatic heterocycles. The second-order valence-corrected chi connectivity index (χ2v) is 6.74. The lowest BCUT2D eigenvalue weighted by Gasteiger charge is -2.18. The Morgan fingerprint density at radius 3 is 2.42 bits per heavy atom. The predicted octanol–water partition coefficient (Wildman–Crippen LogP) is 4.65. The zero-order valence-corrected chi connectivity index (χ0v) is 15.7. The first-order chi connectivity index (χ1) is 11.5. The summed E-state index contributed by atoms with van der Waals surface area (Å²) < 4.78 is 6.76. The molecule has 2 aromatic rings. The van der Waals surface area contributed by atoms with Gasteiger partial charge in [0.25, 0.3) is 0 Å². The maximum Gasteiger partial charge on any atom is 0.407 e. The Bertz CT molecular complexity index is 722. The molecular formula is C17H15Br2NO4. The predicted molar refractivity (Wildman–Crippen MR) is 96.6 cm³/mol. The van der Waals surface area contributed by atoms with E-state index in [2.05, 4.69) is 37.2 Å². The van der Waals surface area contributed by atoms with Crippen molar-refractivity contribution in [1.82, 2.24) is 5.32 Å². The first kappa shape index (κ1) is 18.5. The molecule has 0 spiro atoms. The van der Waals surface area contributed by atoms with Gasteiger partial charge in [-0.15, -0.1) is 0 Å². The lowest BCUT2D eigenvalue weighted by atomic mass is 10.0. The third-order valence-corrected chi connectivity index (χ3v) is 5.11. The minimum atomic E-state index is -1.01. The van der Waals surface area contributed by atoms with E-state index in [1.807, 2.05) is 30.3 Å². The Morgan fingerprint density at radius 2 is 1.79 bits per heavy atom. The van der Waals surface area contributed by atoms with Crippen molar-refractivity contribution >= 4 is 43.9 Å². The van der Waals surface area contributed by atoms with Gasteiger partial charge in [-0.1, -0.05) is 36.4 Å². The smallest absolute Gasteiger partial charge is 0.407 e. The molecule has 0 fully saturated rings. The van der Waals surface area contributed by atoms with Gasteiger partial charge in [0, 0.05) is 8.95 Å². The maximum atomic E-state index is 12.0. The summed E-state index contributed by atoms with van der Waals surface area (Å²) in [5, 5.41) is 11.7. The van der Waals surface area contributed by atoms with Crippen molar-refractivity contribution < 1.29 is 19.4 Å². The lowest BCUT2D eigenvalue weighted by molar-refractivity contribution is -0.137. The van der Waals surface area contributed by atoms with E-state index in [1.165, 1.54) is 0 Å². The number of alkyl carbamates (subject to hydrolysis) is 1. The first-order valence-electron chi connectivity index (χ1n) is 7.09. The average Bonchev–Trinajstić information content (AvgIpc) is 2.55. The van der Waals surface area contributed by atoms with E-state index < -0.39 is 18.1 Å². The molecule has 0 bridgehead atoms. The molecule has 0 saturated carbocycles. The number of aliphatic carboxylic acids is 1. The Labute approximate surface area is 156 Å². The highest BCUT2D eigenvalue weighted by atomic mass is 79.9. The number of carbonyl (C=O) groups excluding carboxylic acids is 1. The van der Waals surface area contributed by atoms with Crippen LogP contribution in [0.25, 0.3) is 0 Å². The fraction of sp³-hybridized carbons (Fsp3) is 0.176. The summed E-state index contributed by atoms with van der Waals surface area (Å²) in [5.74, 6) is -1.01. The van der Waals surface area contributed by atoms with Crippen molar-refractivity contribution in [2.24, 2.45) is 0 Å². The van der Waals surface area contributed by atoms with E-state index in [-0.39, 0.29) is 13.0 Å². The van der Waals surface area contributed by atoms with Gasteiger partial charge < -0.3 is 15.2 Å². The monoisotopic (exact) mass is 455 g/mol. The summed E-state index contributed by atoms with van der Waals surface area (Å²) in [6, 6.07) is 13.9. The number of carbonyl (C=O) groups is 2. The van der Waals surface area contributed by atoms with Crippen LogP contribution >= 0.6 is 31.9 Å². The number of amides is 1. The van der Waals surface area contributed by atoms with Crippen molar-refractivity contribution in [3.05, 3.63) is 68.6 Å². The number of halogens is 2. The highest BCUT2D eigenvalue weighted by Crippen LogP contribution is 2.27. The van der Waals surface area contributed by atoms with Gasteiger partial charge in [-0.05, 0) is 55.1 Å². The summed E-state index contributed by atoms with van der Waals surface area (Å²) in [4.78, 5) is 23.1. The second-order valence-electron chi connectivity index (χ2n) is 5.03. The summed E-state index contributed by atoms with van der Waals surface area (Å²) in [7, 11) is 0. The van der Waals surface area contributed by atoms with Gasteiger partial charge >= 0.3 is 12.1 Å². The van der Waals surface area contributed by atoms with Crippen LogP contribution in [0.15, 0.2) is 57.5 Å². The number of hydrogen-bond acceptors (Lipinski definition) is 3. The van der Waals surface area contributed by atoms with Crippen molar-refractivity contribution in [2.45, 2.75) is 19.1 Å². The topological polar surface area (TPSA) is 75.6 Å². The molecule has 0 aliphatic rings. The van der Waals surface area contributed by atoms with E-state index in [1.54, 1.807) is 18.2 Å². The summed E-state index contributed by atoms with van der Waals surface area (Å²) in [6.07, 6.45) is -0.904. The van der Waals surface area contributed by atoms with E-state index in [0.29, 0.717) is 5.56 Å². The van der Waals surface area contributed by atoms with Crippen molar-refractivity contribution in [2.75, 3.05) is 0 Å². The van der Waals surface area contributed by atoms with Gasteiger partial charge in [-0.2, -0.15) is 0 Å². The number of benzene rings is 2. The number of rotatable bonds is 6. The van der Waals surface area contributed by atoms with Crippen LogP contribution < -0.4 is 5.32 Å². The number of hydrogen-bond donors (Lipinski definition) is 2. The third-order valence-electron chi connectivity index (χ3n) is 3.23. The molecule has 0 radical (unpaired) electrons. The Morgan fingerprint density at radius 1 is 1.08 bits per heavy atom. The highest BCUT2D eigenvalue weighted by molar-refractivity contribution is 9.13. The fourth-order valence-electron chi connectivity index (χ4n) is 2.06. The van der Waals surface area contributed by atoms with Crippen LogP contribution in [0.4, 0.5) is 4.79 Å². The zero-order valence-electron chi connectivity index (χ0n) is 12.5. The van der Waals surface area contributed by atoms with Crippen molar-refractivity contribution in [3.63, 3.8) is 0 Å². The first-order valence-corrected chi connectivity index (χ1v) is 8.68.